The third-order valence-corrected chi connectivity index (χ3v) is 8.87. The van der Waals surface area contributed by atoms with Gasteiger partial charge in [-0.3, -0.25) is 14.6 Å². The Morgan fingerprint density at radius 1 is 1.24 bits per heavy atom. The van der Waals surface area contributed by atoms with Crippen LogP contribution in [0.1, 0.15) is 52.2 Å². The van der Waals surface area contributed by atoms with Crippen LogP contribution in [0, 0.1) is 6.92 Å². The molecule has 7 N–H and O–H groups in total. The maximum absolute atomic E-state index is 13.6. The zero-order chi connectivity index (χ0) is 30.0. The number of para-hydroxylation sites is 1. The molecule has 1 saturated heterocycles. The van der Waals surface area contributed by atoms with Crippen LogP contribution < -0.4 is 26.8 Å². The molecule has 13 heteroatoms. The molecular weight excluding hydrogens is 538 g/mol. The van der Waals surface area contributed by atoms with Crippen molar-refractivity contribution >= 4 is 23.7 Å². The average Bonchev–Trinajstić information content (AvgIpc) is 3.44. The van der Waals surface area contributed by atoms with E-state index in [1.165, 1.54) is 4.90 Å². The minimum Gasteiger partial charge on any atom is -0.492 e. The van der Waals surface area contributed by atoms with Crippen molar-refractivity contribution in [2.45, 2.75) is 62.5 Å². The fourth-order valence-electron chi connectivity index (χ4n) is 6.53. The van der Waals surface area contributed by atoms with E-state index in [1.54, 1.807) is 30.3 Å². The van der Waals surface area contributed by atoms with Crippen LogP contribution in [0.2, 0.25) is 0 Å². The summed E-state index contributed by atoms with van der Waals surface area (Å²) >= 11 is 0. The molecule has 13 nitrogen and oxygen atoms in total. The number of likely N-dealkylation sites (N-methyl/N-ethyl adjacent to an activating group) is 1. The molecule has 5 heterocycles. The number of carbonyl (C=O) groups is 2. The Morgan fingerprint density at radius 2 is 2.02 bits per heavy atom. The number of fused-ring (bicyclic) bond motifs is 1. The lowest BCUT2D eigenvalue weighted by atomic mass is 9.79. The van der Waals surface area contributed by atoms with Gasteiger partial charge in [-0.15, -0.1) is 0 Å². The fraction of sp³-hybridized carbons (Fsp3) is 0.483. The molecule has 0 bridgehead atoms. The summed E-state index contributed by atoms with van der Waals surface area (Å²) in [6.07, 6.45) is 1.32. The number of aromatic nitrogens is 1. The molecule has 6 rings (SSSR count). The molecule has 2 amide bonds. The fourth-order valence-corrected chi connectivity index (χ4v) is 6.53. The van der Waals surface area contributed by atoms with Crippen molar-refractivity contribution in [3.63, 3.8) is 0 Å². The Morgan fingerprint density at radius 3 is 2.76 bits per heavy atom. The van der Waals surface area contributed by atoms with E-state index in [4.69, 9.17) is 16.2 Å². The van der Waals surface area contributed by atoms with Crippen molar-refractivity contribution in [1.29, 1.82) is 0 Å². The number of nitrogens with zero attached hydrogens (tertiary/aromatic N) is 5. The highest BCUT2D eigenvalue weighted by molar-refractivity contribution is 5.98. The summed E-state index contributed by atoms with van der Waals surface area (Å²) < 4.78 is 5.95. The number of carbonyl (C=O) groups excluding carboxylic acids is 2. The highest BCUT2D eigenvalue weighted by Crippen LogP contribution is 2.42. The van der Waals surface area contributed by atoms with Gasteiger partial charge >= 0.3 is 0 Å². The van der Waals surface area contributed by atoms with Crippen LogP contribution >= 0.6 is 0 Å². The minimum atomic E-state index is -1.25. The number of aryl methyl sites for hydroxylation is 1. The van der Waals surface area contributed by atoms with Crippen LogP contribution in [0.15, 0.2) is 46.5 Å². The van der Waals surface area contributed by atoms with Crippen molar-refractivity contribution in [3.8, 4) is 5.75 Å². The lowest BCUT2D eigenvalue weighted by molar-refractivity contribution is 0.0117. The first kappa shape index (κ1) is 27.8. The third kappa shape index (κ3) is 4.30. The van der Waals surface area contributed by atoms with Crippen molar-refractivity contribution in [2.75, 3.05) is 26.7 Å². The molecular formula is C29H37N9O4. The van der Waals surface area contributed by atoms with E-state index in [0.717, 1.165) is 17.5 Å². The summed E-state index contributed by atoms with van der Waals surface area (Å²) in [4.78, 5) is 43.4. The molecule has 1 spiro atoms. The number of aliphatic hydroxyl groups excluding tert-OH is 1. The van der Waals surface area contributed by atoms with E-state index in [0.29, 0.717) is 23.6 Å². The van der Waals surface area contributed by atoms with Crippen LogP contribution in [0.3, 0.4) is 0 Å². The topological polar surface area (TPSA) is 184 Å². The standard InChI is InChI=1S/C29H37N9O4/c1-15-8-9-18(32-12-15)25(41)37(4)13-19-22-29(36-26(30)35-22)23(39)20(14-38(29)27(31)34-19)33-24(40)16-6-5-7-17-21(16)42-11-10-28(17,2)3/h5-9,12,19-20,22-23,39H,10-11,13-14H2,1-4H3,(H2,31,34)(H,33,40)(H3,30,35,36)/t19-,20?,22-,23+,29-/m0/s1. The first-order valence-corrected chi connectivity index (χ1v) is 14.1. The highest BCUT2D eigenvalue weighted by Gasteiger charge is 2.65. The maximum atomic E-state index is 13.6. The monoisotopic (exact) mass is 575 g/mol. The van der Waals surface area contributed by atoms with Gasteiger partial charge in [0.25, 0.3) is 11.8 Å². The Kier molecular flexibility index (Phi) is 6.52. The van der Waals surface area contributed by atoms with E-state index in [2.05, 4.69) is 39.4 Å². The van der Waals surface area contributed by atoms with Gasteiger partial charge in [-0.1, -0.05) is 32.0 Å². The average molecular weight is 576 g/mol. The predicted octanol–water partition coefficient (Wildman–Crippen LogP) is -0.323. The van der Waals surface area contributed by atoms with Gasteiger partial charge in [0, 0.05) is 31.9 Å². The molecule has 1 unspecified atom stereocenters. The number of benzene rings is 1. The highest BCUT2D eigenvalue weighted by atomic mass is 16.5. The zero-order valence-electron chi connectivity index (χ0n) is 24.2. The summed E-state index contributed by atoms with van der Waals surface area (Å²) in [5.74, 6) is 0.193. The largest absolute Gasteiger partial charge is 0.492 e. The number of hydrogen-bond acceptors (Lipinski definition) is 11. The number of guanidine groups is 2. The normalized spacial score (nSPS) is 28.7. The summed E-state index contributed by atoms with van der Waals surface area (Å²) in [6.45, 7) is 7.00. The minimum absolute atomic E-state index is 0.118. The zero-order valence-corrected chi connectivity index (χ0v) is 24.2. The second-order valence-corrected chi connectivity index (χ2v) is 12.2. The van der Waals surface area contributed by atoms with Crippen molar-refractivity contribution in [2.24, 2.45) is 21.5 Å². The number of ether oxygens (including phenoxy) is 1. The van der Waals surface area contributed by atoms with Gasteiger partial charge < -0.3 is 41.7 Å². The number of nitrogens with two attached hydrogens (primary N) is 2. The second kappa shape index (κ2) is 9.86. The second-order valence-electron chi connectivity index (χ2n) is 12.2. The van der Waals surface area contributed by atoms with Crippen LogP contribution in [0.5, 0.6) is 5.75 Å². The number of hydrogen-bond donors (Lipinski definition) is 5. The van der Waals surface area contributed by atoms with Gasteiger partial charge in [-0.2, -0.15) is 0 Å². The van der Waals surface area contributed by atoms with Gasteiger partial charge in [0.1, 0.15) is 23.6 Å². The van der Waals surface area contributed by atoms with Crippen molar-refractivity contribution in [3.05, 3.63) is 58.9 Å². The molecule has 2 aromatic rings. The van der Waals surface area contributed by atoms with E-state index in [1.807, 2.05) is 25.1 Å². The Hall–Kier alpha value is -4.39. The van der Waals surface area contributed by atoms with Crippen LogP contribution in [-0.2, 0) is 5.41 Å². The molecule has 1 aromatic carbocycles. The van der Waals surface area contributed by atoms with E-state index < -0.39 is 29.9 Å². The summed E-state index contributed by atoms with van der Waals surface area (Å²) in [6, 6.07) is 7.02. The number of rotatable bonds is 5. The molecule has 5 atom stereocenters. The first-order valence-electron chi connectivity index (χ1n) is 14.1. The van der Waals surface area contributed by atoms with E-state index in [-0.39, 0.29) is 42.2 Å². The first-order chi connectivity index (χ1) is 19.9. The molecule has 4 aliphatic heterocycles. The lowest BCUT2D eigenvalue weighted by Gasteiger charge is -2.46. The molecule has 0 saturated carbocycles. The van der Waals surface area contributed by atoms with Gasteiger partial charge in [-0.25, -0.2) is 9.98 Å². The van der Waals surface area contributed by atoms with E-state index in [9.17, 15) is 14.7 Å². The smallest absolute Gasteiger partial charge is 0.272 e. The molecule has 42 heavy (non-hydrogen) atoms. The summed E-state index contributed by atoms with van der Waals surface area (Å²) in [5.41, 5.74) is 13.9. The van der Waals surface area contributed by atoms with Gasteiger partial charge in [-0.05, 0) is 36.5 Å². The van der Waals surface area contributed by atoms with E-state index >= 15 is 0 Å². The van der Waals surface area contributed by atoms with Crippen LogP contribution in [0.4, 0.5) is 0 Å². The summed E-state index contributed by atoms with van der Waals surface area (Å²) in [5, 5.41) is 17.9. The maximum Gasteiger partial charge on any atom is 0.272 e. The van der Waals surface area contributed by atoms with Crippen LogP contribution in [-0.4, -0.2) is 100 Å². The quantitative estimate of drug-likeness (QED) is 0.319. The third-order valence-electron chi connectivity index (χ3n) is 8.87. The molecule has 1 fully saturated rings. The molecule has 4 aliphatic rings. The molecule has 0 aliphatic carbocycles. The number of amides is 2. The number of nitrogens with one attached hydrogen (secondary N) is 2. The van der Waals surface area contributed by atoms with Gasteiger partial charge in [0.05, 0.1) is 24.3 Å². The van der Waals surface area contributed by atoms with Crippen molar-refractivity contribution < 1.29 is 19.4 Å². The van der Waals surface area contributed by atoms with Crippen LogP contribution in [0.25, 0.3) is 0 Å². The Bertz CT molecular complexity index is 1490. The molecule has 1 aromatic heterocycles. The molecule has 0 radical (unpaired) electrons. The number of pyridine rings is 1. The Labute approximate surface area is 244 Å². The lowest BCUT2D eigenvalue weighted by Crippen LogP contribution is -2.73. The number of aliphatic hydroxyl groups is 1. The molecule has 222 valence electrons. The SMILES string of the molecule is Cc1ccc(C(=O)N(C)C[C@@H]2N=C(N)N3CC(NC(=O)c4cccc5c4OCCC5(C)C)[C@@H](O)[C@@]34NC(N)=N[C@@H]24)nc1. The van der Waals surface area contributed by atoms with Crippen molar-refractivity contribution in [1.82, 2.24) is 25.4 Å². The summed E-state index contributed by atoms with van der Waals surface area (Å²) in [7, 11) is 1.65. The van der Waals surface area contributed by atoms with Gasteiger partial charge in [0.2, 0.25) is 0 Å². The Balaban J connectivity index is 1.24. The number of aliphatic imine (C=N–C) groups is 2. The van der Waals surface area contributed by atoms with Gasteiger partial charge in [0.15, 0.2) is 17.6 Å². The predicted molar refractivity (Wildman–Crippen MR) is 156 cm³/mol.